The smallest absolute Gasteiger partial charge is 0.322 e. The van der Waals surface area contributed by atoms with Gasteiger partial charge < -0.3 is 9.84 Å². The molecule has 1 N–H and O–H groups in total. The third-order valence-corrected chi connectivity index (χ3v) is 1.59. The first-order valence-electron chi connectivity index (χ1n) is 3.95. The number of carbonyl (C=O) groups is 1. The van der Waals surface area contributed by atoms with Gasteiger partial charge in [-0.05, 0) is 26.7 Å². The summed E-state index contributed by atoms with van der Waals surface area (Å²) in [6.45, 7) is 4.01. The van der Waals surface area contributed by atoms with Gasteiger partial charge in [0.05, 0.1) is 6.61 Å². The molecule has 0 bridgehead atoms. The molecule has 0 spiro atoms. The molecule has 0 atom stereocenters. The van der Waals surface area contributed by atoms with Crippen molar-refractivity contribution < 1.29 is 14.6 Å². The molecule has 0 aliphatic heterocycles. The molecular weight excluding hydrogens is 224 g/mol. The molecule has 12 heavy (non-hydrogen) atoms. The van der Waals surface area contributed by atoms with Crippen molar-refractivity contribution in [1.29, 1.82) is 0 Å². The Kier molecular flexibility index (Phi) is 5.50. The molecule has 0 saturated heterocycles. The number of hydrogen-bond donors (Lipinski definition) is 1. The van der Waals surface area contributed by atoms with Crippen LogP contribution in [0.1, 0.15) is 26.7 Å². The standard InChI is InChI=1S/C8H15BrO3/c1-8(2,9)7(11)12-6-4-3-5-10/h10H,3-6H2,1-2H3. The van der Waals surface area contributed by atoms with E-state index in [2.05, 4.69) is 15.9 Å². The van der Waals surface area contributed by atoms with Gasteiger partial charge in [0.25, 0.3) is 0 Å². The van der Waals surface area contributed by atoms with Crippen LogP contribution in [0, 0.1) is 0 Å². The van der Waals surface area contributed by atoms with Crippen LogP contribution in [0.25, 0.3) is 0 Å². The summed E-state index contributed by atoms with van der Waals surface area (Å²) in [7, 11) is 0. The number of unbranched alkanes of at least 4 members (excludes halogenated alkanes) is 1. The number of aliphatic hydroxyl groups is 1. The van der Waals surface area contributed by atoms with Crippen molar-refractivity contribution in [2.24, 2.45) is 0 Å². The summed E-state index contributed by atoms with van der Waals surface area (Å²) in [6.07, 6.45) is 1.39. The van der Waals surface area contributed by atoms with E-state index < -0.39 is 4.32 Å². The molecule has 0 aliphatic carbocycles. The highest BCUT2D eigenvalue weighted by Gasteiger charge is 2.24. The maximum atomic E-state index is 11.1. The Morgan fingerprint density at radius 1 is 1.50 bits per heavy atom. The van der Waals surface area contributed by atoms with Crippen molar-refractivity contribution in [3.63, 3.8) is 0 Å². The number of aliphatic hydroxyl groups excluding tert-OH is 1. The van der Waals surface area contributed by atoms with Crippen LogP contribution < -0.4 is 0 Å². The predicted octanol–water partition coefficient (Wildman–Crippen LogP) is 1.48. The second kappa shape index (κ2) is 5.54. The molecule has 0 aromatic heterocycles. The minimum atomic E-state index is -0.605. The molecule has 3 nitrogen and oxygen atoms in total. The van der Waals surface area contributed by atoms with E-state index in [0.29, 0.717) is 19.4 Å². The minimum Gasteiger partial charge on any atom is -0.465 e. The van der Waals surface area contributed by atoms with E-state index >= 15 is 0 Å². The van der Waals surface area contributed by atoms with Crippen LogP contribution in [0.5, 0.6) is 0 Å². The third kappa shape index (κ3) is 5.55. The largest absolute Gasteiger partial charge is 0.465 e. The summed E-state index contributed by atoms with van der Waals surface area (Å²) in [5.74, 6) is -0.263. The Labute approximate surface area is 81.2 Å². The lowest BCUT2D eigenvalue weighted by atomic mass is 10.2. The van der Waals surface area contributed by atoms with Crippen LogP contribution in [-0.2, 0) is 9.53 Å². The second-order valence-electron chi connectivity index (χ2n) is 3.04. The van der Waals surface area contributed by atoms with E-state index in [9.17, 15) is 4.79 Å². The van der Waals surface area contributed by atoms with Crippen LogP contribution in [-0.4, -0.2) is 28.6 Å². The zero-order chi connectivity index (χ0) is 9.61. The van der Waals surface area contributed by atoms with Crippen LogP contribution in [0.4, 0.5) is 0 Å². The van der Waals surface area contributed by atoms with E-state index in [1.165, 1.54) is 0 Å². The van der Waals surface area contributed by atoms with Crippen molar-refractivity contribution in [1.82, 2.24) is 0 Å². The van der Waals surface area contributed by atoms with E-state index in [1.54, 1.807) is 13.8 Å². The molecule has 0 aliphatic rings. The highest BCUT2D eigenvalue weighted by Crippen LogP contribution is 2.17. The number of hydrogen-bond acceptors (Lipinski definition) is 3. The summed E-state index contributed by atoms with van der Waals surface area (Å²) in [4.78, 5) is 11.1. The Bertz CT molecular complexity index is 140. The summed E-state index contributed by atoms with van der Waals surface area (Å²) in [5, 5.41) is 8.44. The van der Waals surface area contributed by atoms with Gasteiger partial charge in [-0.3, -0.25) is 4.79 Å². The van der Waals surface area contributed by atoms with Crippen molar-refractivity contribution in [3.05, 3.63) is 0 Å². The van der Waals surface area contributed by atoms with Gasteiger partial charge in [0.1, 0.15) is 4.32 Å². The van der Waals surface area contributed by atoms with Gasteiger partial charge in [-0.15, -0.1) is 0 Å². The topological polar surface area (TPSA) is 46.5 Å². The van der Waals surface area contributed by atoms with Gasteiger partial charge >= 0.3 is 5.97 Å². The summed E-state index contributed by atoms with van der Waals surface area (Å²) in [6, 6.07) is 0. The maximum Gasteiger partial charge on any atom is 0.322 e. The van der Waals surface area contributed by atoms with E-state index in [0.717, 1.165) is 0 Å². The lowest BCUT2D eigenvalue weighted by molar-refractivity contribution is -0.145. The van der Waals surface area contributed by atoms with Crippen LogP contribution >= 0.6 is 15.9 Å². The van der Waals surface area contributed by atoms with Gasteiger partial charge in [-0.2, -0.15) is 0 Å². The lowest BCUT2D eigenvalue weighted by Gasteiger charge is -2.14. The van der Waals surface area contributed by atoms with Crippen molar-refractivity contribution in [2.45, 2.75) is 31.0 Å². The Morgan fingerprint density at radius 3 is 2.50 bits per heavy atom. The van der Waals surface area contributed by atoms with E-state index in [-0.39, 0.29) is 12.6 Å². The van der Waals surface area contributed by atoms with Crippen LogP contribution in [0.15, 0.2) is 0 Å². The Balaban J connectivity index is 3.45. The molecule has 0 saturated carbocycles. The van der Waals surface area contributed by atoms with Crippen molar-refractivity contribution in [3.8, 4) is 0 Å². The first-order valence-corrected chi connectivity index (χ1v) is 4.75. The Morgan fingerprint density at radius 2 is 2.08 bits per heavy atom. The van der Waals surface area contributed by atoms with Crippen molar-refractivity contribution in [2.75, 3.05) is 13.2 Å². The van der Waals surface area contributed by atoms with Crippen LogP contribution in [0.2, 0.25) is 0 Å². The first kappa shape index (κ1) is 11.9. The third-order valence-electron chi connectivity index (χ3n) is 1.27. The van der Waals surface area contributed by atoms with E-state index in [4.69, 9.17) is 9.84 Å². The zero-order valence-corrected chi connectivity index (χ0v) is 9.06. The second-order valence-corrected chi connectivity index (χ2v) is 5.02. The Hall–Kier alpha value is -0.0900. The maximum absolute atomic E-state index is 11.1. The molecule has 0 amide bonds. The molecule has 0 aromatic rings. The van der Waals surface area contributed by atoms with Crippen molar-refractivity contribution >= 4 is 21.9 Å². The molecular formula is C8H15BrO3. The van der Waals surface area contributed by atoms with Gasteiger partial charge in [0.15, 0.2) is 0 Å². The highest BCUT2D eigenvalue weighted by molar-refractivity contribution is 9.10. The molecule has 0 unspecified atom stereocenters. The van der Waals surface area contributed by atoms with Gasteiger partial charge in [0.2, 0.25) is 0 Å². The first-order chi connectivity index (χ1) is 5.48. The fraction of sp³-hybridized carbons (Fsp3) is 0.875. The monoisotopic (exact) mass is 238 g/mol. The van der Waals surface area contributed by atoms with Gasteiger partial charge in [-0.25, -0.2) is 0 Å². The molecule has 0 rings (SSSR count). The highest BCUT2D eigenvalue weighted by atomic mass is 79.9. The van der Waals surface area contributed by atoms with Crippen LogP contribution in [0.3, 0.4) is 0 Å². The summed E-state index contributed by atoms with van der Waals surface area (Å²) < 4.78 is 4.31. The number of esters is 1. The normalized spacial score (nSPS) is 11.3. The number of carbonyl (C=O) groups excluding carboxylic acids is 1. The lowest BCUT2D eigenvalue weighted by Crippen LogP contribution is -2.26. The molecule has 0 heterocycles. The van der Waals surface area contributed by atoms with Gasteiger partial charge in [-0.1, -0.05) is 15.9 Å². The molecule has 72 valence electrons. The fourth-order valence-electron chi connectivity index (χ4n) is 0.550. The summed E-state index contributed by atoms with van der Waals surface area (Å²) in [5.41, 5.74) is 0. The SMILES string of the molecule is CC(C)(Br)C(=O)OCCCCO. The molecule has 4 heteroatoms. The predicted molar refractivity (Wildman–Crippen MR) is 50.3 cm³/mol. The average molecular weight is 239 g/mol. The number of alkyl halides is 1. The molecule has 0 radical (unpaired) electrons. The quantitative estimate of drug-likeness (QED) is 0.449. The van der Waals surface area contributed by atoms with Gasteiger partial charge in [0, 0.05) is 6.61 Å². The number of halogens is 1. The fourth-order valence-corrected chi connectivity index (χ4v) is 0.665. The zero-order valence-electron chi connectivity index (χ0n) is 7.47. The summed E-state index contributed by atoms with van der Waals surface area (Å²) >= 11 is 3.19. The molecule has 0 fully saturated rings. The van der Waals surface area contributed by atoms with E-state index in [1.807, 2.05) is 0 Å². The minimum absolute atomic E-state index is 0.148. The number of ether oxygens (including phenoxy) is 1. The number of rotatable bonds is 5. The molecule has 0 aromatic carbocycles. The average Bonchev–Trinajstić information content (AvgIpc) is 1.96.